The lowest BCUT2D eigenvalue weighted by atomic mass is 9.92. The van der Waals surface area contributed by atoms with Gasteiger partial charge in [0.1, 0.15) is 5.66 Å². The molecule has 1 aromatic heterocycles. The third-order valence-electron chi connectivity index (χ3n) is 4.55. The number of nitrogens with one attached hydrogen (secondary N) is 4. The fourth-order valence-corrected chi connectivity index (χ4v) is 3.03. The van der Waals surface area contributed by atoms with Crippen molar-refractivity contribution < 1.29 is 0 Å². The van der Waals surface area contributed by atoms with E-state index in [9.17, 15) is 4.79 Å². The van der Waals surface area contributed by atoms with Crippen LogP contribution in [0.3, 0.4) is 0 Å². The molecule has 0 spiro atoms. The molecule has 0 radical (unpaired) electrons. The molecule has 0 amide bonds. The number of H-pyrrole nitrogens is 2. The zero-order chi connectivity index (χ0) is 19.0. The van der Waals surface area contributed by atoms with Gasteiger partial charge in [-0.1, -0.05) is 12.1 Å². The molecule has 0 saturated heterocycles. The minimum atomic E-state index is -1.00. The van der Waals surface area contributed by atoms with Crippen LogP contribution in [0.15, 0.2) is 64.0 Å². The third kappa shape index (κ3) is 2.96. The van der Waals surface area contributed by atoms with E-state index >= 15 is 0 Å². The molecule has 0 bridgehead atoms. The Kier molecular flexibility index (Phi) is 3.79. The number of hydrogen-bond acceptors (Lipinski definition) is 6. The number of imidazole rings is 1. The summed E-state index contributed by atoms with van der Waals surface area (Å²) >= 11 is 0. The van der Waals surface area contributed by atoms with Crippen LogP contribution in [0.4, 0.5) is 5.69 Å². The number of benzene rings is 2. The monoisotopic (exact) mass is 359 g/mol. The molecular weight excluding hydrogens is 342 g/mol. The van der Waals surface area contributed by atoms with Crippen molar-refractivity contribution in [3.05, 3.63) is 75.8 Å². The summed E-state index contributed by atoms with van der Waals surface area (Å²) in [6.07, 6.45) is 1.69. The first-order valence-electron chi connectivity index (χ1n) is 8.30. The van der Waals surface area contributed by atoms with Crippen molar-refractivity contribution in [2.45, 2.75) is 12.6 Å². The smallest absolute Gasteiger partial charge is 0.323 e. The fourth-order valence-electron chi connectivity index (χ4n) is 3.03. The van der Waals surface area contributed by atoms with E-state index in [1.165, 1.54) is 0 Å². The maximum atomic E-state index is 11.5. The van der Waals surface area contributed by atoms with Gasteiger partial charge in [0, 0.05) is 11.9 Å². The second kappa shape index (κ2) is 6.16. The molecule has 0 fully saturated rings. The highest BCUT2D eigenvalue weighted by Crippen LogP contribution is 2.28. The van der Waals surface area contributed by atoms with E-state index in [2.05, 4.69) is 31.7 Å². The van der Waals surface area contributed by atoms with E-state index in [0.717, 1.165) is 16.8 Å². The van der Waals surface area contributed by atoms with E-state index in [4.69, 9.17) is 11.0 Å². The Morgan fingerprint density at radius 3 is 2.81 bits per heavy atom. The summed E-state index contributed by atoms with van der Waals surface area (Å²) in [6.45, 7) is 1.88. The molecule has 8 nitrogen and oxygen atoms in total. The lowest BCUT2D eigenvalue weighted by molar-refractivity contribution is 0.478. The highest BCUT2D eigenvalue weighted by Gasteiger charge is 2.33. The zero-order valence-electron chi connectivity index (χ0n) is 14.5. The van der Waals surface area contributed by atoms with Crippen molar-refractivity contribution in [1.29, 1.82) is 5.26 Å². The van der Waals surface area contributed by atoms with E-state index in [-0.39, 0.29) is 5.69 Å². The van der Waals surface area contributed by atoms with Crippen molar-refractivity contribution in [2.75, 3.05) is 5.32 Å². The summed E-state index contributed by atoms with van der Waals surface area (Å²) < 4.78 is 0. The van der Waals surface area contributed by atoms with Gasteiger partial charge in [0.05, 0.1) is 22.7 Å². The van der Waals surface area contributed by atoms with E-state index < -0.39 is 5.66 Å². The molecule has 2 aromatic carbocycles. The van der Waals surface area contributed by atoms with Gasteiger partial charge in [-0.25, -0.2) is 9.79 Å². The van der Waals surface area contributed by atoms with Gasteiger partial charge in [0.15, 0.2) is 0 Å². The molecule has 1 aliphatic heterocycles. The maximum Gasteiger partial charge on any atom is 0.323 e. The number of fused-ring (bicyclic) bond motifs is 1. The summed E-state index contributed by atoms with van der Waals surface area (Å²) in [6, 6.07) is 14.7. The molecule has 0 aliphatic carbocycles. The summed E-state index contributed by atoms with van der Waals surface area (Å²) in [5.74, 6) is 0.459. The van der Waals surface area contributed by atoms with Gasteiger partial charge in [-0.2, -0.15) is 5.26 Å². The van der Waals surface area contributed by atoms with E-state index in [1.807, 2.05) is 25.1 Å². The van der Waals surface area contributed by atoms with Gasteiger partial charge in [-0.05, 0) is 48.4 Å². The van der Waals surface area contributed by atoms with Crippen molar-refractivity contribution in [1.82, 2.24) is 15.3 Å². The molecule has 2 heterocycles. The number of guanidine groups is 1. The van der Waals surface area contributed by atoms with Crippen LogP contribution in [-0.4, -0.2) is 15.9 Å². The Balaban J connectivity index is 1.66. The van der Waals surface area contributed by atoms with Gasteiger partial charge in [-0.3, -0.25) is 0 Å². The van der Waals surface area contributed by atoms with Gasteiger partial charge < -0.3 is 26.3 Å². The van der Waals surface area contributed by atoms with Crippen molar-refractivity contribution in [3.63, 3.8) is 0 Å². The minimum absolute atomic E-state index is 0.265. The number of nitriles is 1. The van der Waals surface area contributed by atoms with Gasteiger partial charge in [0.2, 0.25) is 5.96 Å². The van der Waals surface area contributed by atoms with Crippen LogP contribution in [0, 0.1) is 11.3 Å². The van der Waals surface area contributed by atoms with Gasteiger partial charge in [0.25, 0.3) is 0 Å². The standard InChI is InChI=1S/C19H17N7O/c1-11-10-22-17(23-14-4-2-3-12(7-14)9-20)26-19(11,21)13-5-6-15-16(8-13)25-18(27)24-15/h2-8,10H,21H2,1H3,(H2,22,23,26)(H2,24,25,27). The van der Waals surface area contributed by atoms with Gasteiger partial charge in [-0.15, -0.1) is 0 Å². The van der Waals surface area contributed by atoms with Crippen LogP contribution in [0.1, 0.15) is 18.1 Å². The maximum absolute atomic E-state index is 11.5. The predicted octanol–water partition coefficient (Wildman–Crippen LogP) is 1.81. The first-order valence-corrected chi connectivity index (χ1v) is 8.30. The first-order chi connectivity index (χ1) is 13.0. The molecule has 1 unspecified atom stereocenters. The quantitative estimate of drug-likeness (QED) is 0.476. The van der Waals surface area contributed by atoms with Crippen LogP contribution in [0.2, 0.25) is 0 Å². The topological polar surface area (TPSA) is 135 Å². The Hall–Kier alpha value is -3.83. The number of nitrogens with two attached hydrogens (primary N) is 1. The van der Waals surface area contributed by atoms with Crippen LogP contribution < -0.4 is 22.1 Å². The number of aromatic amines is 2. The molecule has 6 N–H and O–H groups in total. The molecule has 3 aromatic rings. The van der Waals surface area contributed by atoms with Crippen molar-refractivity contribution in [3.8, 4) is 6.07 Å². The number of anilines is 1. The summed E-state index contributed by atoms with van der Waals surface area (Å²) in [5, 5.41) is 15.4. The van der Waals surface area contributed by atoms with Crippen LogP contribution in [-0.2, 0) is 5.66 Å². The average Bonchev–Trinajstić information content (AvgIpc) is 3.04. The number of aliphatic imine (C=N–C) groups is 1. The molecule has 1 atom stereocenters. The highest BCUT2D eigenvalue weighted by atomic mass is 16.1. The van der Waals surface area contributed by atoms with Crippen molar-refractivity contribution in [2.24, 2.45) is 10.7 Å². The molecule has 27 heavy (non-hydrogen) atoms. The SMILES string of the molecule is CC1=CN=C(Nc2cccc(C#N)c2)NC1(N)c1ccc2[nH]c(=O)[nH]c2c1. The molecule has 1 aliphatic rings. The summed E-state index contributed by atoms with van der Waals surface area (Å²) in [4.78, 5) is 21.3. The van der Waals surface area contributed by atoms with Crippen LogP contribution >= 0.6 is 0 Å². The largest absolute Gasteiger partial charge is 0.330 e. The Morgan fingerprint density at radius 2 is 2.00 bits per heavy atom. The summed E-state index contributed by atoms with van der Waals surface area (Å²) in [7, 11) is 0. The van der Waals surface area contributed by atoms with E-state index in [0.29, 0.717) is 22.6 Å². The fraction of sp³-hybridized carbons (Fsp3) is 0.105. The molecular formula is C19H17N7O. The summed E-state index contributed by atoms with van der Waals surface area (Å²) in [5.41, 5.74) is 9.65. The molecule has 4 rings (SSSR count). The minimum Gasteiger partial charge on any atom is -0.330 e. The van der Waals surface area contributed by atoms with Crippen LogP contribution in [0.5, 0.6) is 0 Å². The van der Waals surface area contributed by atoms with Crippen molar-refractivity contribution >= 4 is 22.7 Å². The number of rotatable bonds is 2. The number of hydrogen-bond donors (Lipinski definition) is 5. The molecule has 134 valence electrons. The molecule has 8 heteroatoms. The zero-order valence-corrected chi connectivity index (χ0v) is 14.5. The normalized spacial score (nSPS) is 19.0. The lowest BCUT2D eigenvalue weighted by Gasteiger charge is -2.35. The number of aromatic nitrogens is 2. The van der Waals surface area contributed by atoms with Crippen LogP contribution in [0.25, 0.3) is 11.0 Å². The lowest BCUT2D eigenvalue weighted by Crippen LogP contribution is -2.57. The second-order valence-electron chi connectivity index (χ2n) is 6.38. The molecule has 0 saturated carbocycles. The Labute approximate surface area is 154 Å². The Morgan fingerprint density at radius 1 is 1.19 bits per heavy atom. The predicted molar refractivity (Wildman–Crippen MR) is 104 cm³/mol. The van der Waals surface area contributed by atoms with E-state index in [1.54, 1.807) is 30.5 Å². The second-order valence-corrected chi connectivity index (χ2v) is 6.38. The van der Waals surface area contributed by atoms with Gasteiger partial charge >= 0.3 is 5.69 Å². The average molecular weight is 359 g/mol. The number of nitrogens with zero attached hydrogens (tertiary/aromatic N) is 2. The Bertz CT molecular complexity index is 1190. The highest BCUT2D eigenvalue weighted by molar-refractivity contribution is 5.95. The third-order valence-corrected chi connectivity index (χ3v) is 4.55. The first kappa shape index (κ1) is 16.6.